The zero-order valence-corrected chi connectivity index (χ0v) is 12.1. The van der Waals surface area contributed by atoms with Crippen molar-refractivity contribution in [1.29, 1.82) is 0 Å². The molecule has 0 aromatic rings. The molecule has 0 aliphatic carbocycles. The summed E-state index contributed by atoms with van der Waals surface area (Å²) in [5.41, 5.74) is 0. The molecule has 4 atom stereocenters. The molecule has 0 saturated carbocycles. The van der Waals surface area contributed by atoms with Crippen molar-refractivity contribution in [3.05, 3.63) is 0 Å². The average Bonchev–Trinajstić information content (AvgIpc) is 2.37. The molecule has 2 heteroatoms. The Morgan fingerprint density at radius 3 is 2.29 bits per heavy atom. The van der Waals surface area contributed by atoms with Crippen LogP contribution in [0, 0.1) is 11.8 Å². The maximum atomic E-state index is 2.57. The van der Waals surface area contributed by atoms with E-state index < -0.39 is 0 Å². The molecule has 4 unspecified atom stereocenters. The Hall–Kier alpha value is 0.690. The molecule has 1 rings (SSSR count). The smallest absolute Gasteiger partial charge is 0.0223 e. The van der Waals surface area contributed by atoms with Gasteiger partial charge in [0.05, 0.1) is 0 Å². The Kier molecular flexibility index (Phi) is 5.18. The maximum Gasteiger partial charge on any atom is 0.0223 e. The van der Waals surface area contributed by atoms with E-state index in [1.54, 1.807) is 0 Å². The molecule has 0 radical (unpaired) electrons. The van der Waals surface area contributed by atoms with Crippen LogP contribution in [0.1, 0.15) is 53.4 Å². The largest absolute Gasteiger partial charge is 0.241 e. The maximum absolute atomic E-state index is 2.57. The normalized spacial score (nSPS) is 39.2. The summed E-state index contributed by atoms with van der Waals surface area (Å²) in [6.45, 7) is 9.47. The van der Waals surface area contributed by atoms with Gasteiger partial charge < -0.3 is 0 Å². The zero-order valence-electron chi connectivity index (χ0n) is 9.96. The zero-order chi connectivity index (χ0) is 10.7. The lowest BCUT2D eigenvalue weighted by molar-refractivity contribution is 0.338. The topological polar surface area (TPSA) is 3.24 Å². The van der Waals surface area contributed by atoms with Crippen molar-refractivity contribution in [2.24, 2.45) is 11.8 Å². The van der Waals surface area contributed by atoms with E-state index in [4.69, 9.17) is 0 Å². The van der Waals surface area contributed by atoms with Crippen LogP contribution in [0.3, 0.4) is 0 Å². The van der Waals surface area contributed by atoms with Gasteiger partial charge in [-0.25, -0.2) is 3.11 Å². The van der Waals surface area contributed by atoms with E-state index in [1.165, 1.54) is 25.7 Å². The fourth-order valence-electron chi connectivity index (χ4n) is 2.92. The Labute approximate surface area is 103 Å². The first kappa shape index (κ1) is 12.8. The van der Waals surface area contributed by atoms with E-state index in [0.717, 1.165) is 23.9 Å². The standard InChI is InChI=1S/C12H24IN/c1-5-7-8-11-9(3)12(6-2)14(13)10(11)4/h9-12H,5-8H2,1-4H3. The summed E-state index contributed by atoms with van der Waals surface area (Å²) in [5, 5.41) is 0. The highest BCUT2D eigenvalue weighted by Crippen LogP contribution is 2.41. The molecule has 84 valence electrons. The van der Waals surface area contributed by atoms with E-state index >= 15 is 0 Å². The molecule has 0 aromatic carbocycles. The Morgan fingerprint density at radius 2 is 1.86 bits per heavy atom. The average molecular weight is 309 g/mol. The second-order valence-corrected chi connectivity index (χ2v) is 5.84. The van der Waals surface area contributed by atoms with Gasteiger partial charge in [-0.2, -0.15) is 0 Å². The van der Waals surface area contributed by atoms with Crippen LogP contribution in [0.15, 0.2) is 0 Å². The van der Waals surface area contributed by atoms with Crippen LogP contribution in [-0.4, -0.2) is 15.2 Å². The SMILES string of the molecule is CCCCC1C(C)C(CC)N(I)C1C. The predicted molar refractivity (Wildman–Crippen MR) is 71.6 cm³/mol. The molecular weight excluding hydrogens is 285 g/mol. The van der Waals surface area contributed by atoms with E-state index in [-0.39, 0.29) is 0 Å². The number of rotatable bonds is 4. The van der Waals surface area contributed by atoms with Crippen LogP contribution >= 0.6 is 22.9 Å². The second kappa shape index (κ2) is 5.69. The van der Waals surface area contributed by atoms with Gasteiger partial charge in [0.1, 0.15) is 0 Å². The molecule has 0 amide bonds. The summed E-state index contributed by atoms with van der Waals surface area (Å²) >= 11 is 2.54. The van der Waals surface area contributed by atoms with E-state index in [0.29, 0.717) is 0 Å². The van der Waals surface area contributed by atoms with Gasteiger partial charge in [-0.05, 0) is 31.6 Å². The minimum Gasteiger partial charge on any atom is -0.241 e. The number of hydrogen-bond donors (Lipinski definition) is 0. The molecular formula is C12H24IN. The number of nitrogens with zero attached hydrogens (tertiary/aromatic N) is 1. The highest BCUT2D eigenvalue weighted by atomic mass is 127. The summed E-state index contributed by atoms with van der Waals surface area (Å²) in [5.74, 6) is 1.82. The van der Waals surface area contributed by atoms with Gasteiger partial charge in [0.25, 0.3) is 0 Å². The van der Waals surface area contributed by atoms with Crippen molar-refractivity contribution >= 4 is 22.9 Å². The summed E-state index contributed by atoms with van der Waals surface area (Å²) in [6, 6.07) is 1.59. The van der Waals surface area contributed by atoms with Gasteiger partial charge in [0, 0.05) is 34.9 Å². The quantitative estimate of drug-likeness (QED) is 0.554. The summed E-state index contributed by atoms with van der Waals surface area (Å²) < 4.78 is 2.57. The van der Waals surface area contributed by atoms with Crippen LogP contribution in [-0.2, 0) is 0 Å². The molecule has 0 bridgehead atoms. The molecule has 14 heavy (non-hydrogen) atoms. The van der Waals surface area contributed by atoms with Crippen LogP contribution in [0.25, 0.3) is 0 Å². The van der Waals surface area contributed by atoms with Gasteiger partial charge in [-0.1, -0.05) is 33.6 Å². The van der Waals surface area contributed by atoms with Gasteiger partial charge in [-0.15, -0.1) is 0 Å². The first-order valence-electron chi connectivity index (χ1n) is 6.07. The summed E-state index contributed by atoms with van der Waals surface area (Å²) in [7, 11) is 0. The van der Waals surface area contributed by atoms with Gasteiger partial charge in [0.15, 0.2) is 0 Å². The van der Waals surface area contributed by atoms with Crippen molar-refractivity contribution in [2.45, 2.75) is 65.5 Å². The lowest BCUT2D eigenvalue weighted by Gasteiger charge is -2.21. The Morgan fingerprint density at radius 1 is 1.21 bits per heavy atom. The van der Waals surface area contributed by atoms with E-state index in [9.17, 15) is 0 Å². The van der Waals surface area contributed by atoms with Crippen molar-refractivity contribution in [1.82, 2.24) is 3.11 Å². The predicted octanol–water partition coefficient (Wildman–Crippen LogP) is 4.26. The third kappa shape index (κ3) is 2.43. The summed E-state index contributed by atoms with van der Waals surface area (Å²) in [6.07, 6.45) is 5.47. The van der Waals surface area contributed by atoms with Crippen LogP contribution in [0.4, 0.5) is 0 Å². The van der Waals surface area contributed by atoms with Crippen molar-refractivity contribution < 1.29 is 0 Å². The van der Waals surface area contributed by atoms with Crippen LogP contribution in [0.2, 0.25) is 0 Å². The van der Waals surface area contributed by atoms with Crippen LogP contribution in [0.5, 0.6) is 0 Å². The lowest BCUT2D eigenvalue weighted by Crippen LogP contribution is -2.26. The Balaban J connectivity index is 2.58. The molecule has 1 aliphatic heterocycles. The molecule has 1 nitrogen and oxygen atoms in total. The first-order valence-corrected chi connectivity index (χ1v) is 7.04. The third-order valence-electron chi connectivity index (χ3n) is 3.92. The summed E-state index contributed by atoms with van der Waals surface area (Å²) in [4.78, 5) is 0. The highest BCUT2D eigenvalue weighted by Gasteiger charge is 2.41. The number of halogens is 1. The van der Waals surface area contributed by atoms with E-state index in [2.05, 4.69) is 53.7 Å². The van der Waals surface area contributed by atoms with Gasteiger partial charge in [0.2, 0.25) is 0 Å². The monoisotopic (exact) mass is 309 g/mol. The molecule has 1 aliphatic rings. The molecule has 0 spiro atoms. The van der Waals surface area contributed by atoms with Crippen molar-refractivity contribution in [2.75, 3.05) is 0 Å². The molecule has 1 saturated heterocycles. The minimum absolute atomic E-state index is 0.780. The minimum atomic E-state index is 0.780. The second-order valence-electron chi connectivity index (χ2n) is 4.73. The van der Waals surface area contributed by atoms with Gasteiger partial charge in [-0.3, -0.25) is 0 Å². The molecule has 1 fully saturated rings. The fourth-order valence-corrected chi connectivity index (χ4v) is 4.24. The lowest BCUT2D eigenvalue weighted by atomic mass is 9.84. The fraction of sp³-hybridized carbons (Fsp3) is 1.00. The third-order valence-corrected chi connectivity index (χ3v) is 5.51. The molecule has 0 aromatic heterocycles. The Bertz CT molecular complexity index is 172. The highest BCUT2D eigenvalue weighted by molar-refractivity contribution is 14.1. The number of hydrogen-bond acceptors (Lipinski definition) is 1. The van der Waals surface area contributed by atoms with Crippen molar-refractivity contribution in [3.63, 3.8) is 0 Å². The first-order chi connectivity index (χ1) is 6.63. The van der Waals surface area contributed by atoms with E-state index in [1.807, 2.05) is 0 Å². The van der Waals surface area contributed by atoms with Crippen LogP contribution < -0.4 is 0 Å². The number of unbranched alkanes of at least 4 members (excludes halogenated alkanes) is 1. The molecule has 1 heterocycles. The van der Waals surface area contributed by atoms with Crippen molar-refractivity contribution in [3.8, 4) is 0 Å². The van der Waals surface area contributed by atoms with Gasteiger partial charge >= 0.3 is 0 Å². The molecule has 0 N–H and O–H groups in total.